The molecule has 0 spiro atoms. The molecule has 166 valence electrons. The van der Waals surface area contributed by atoms with E-state index < -0.39 is 37.9 Å². The van der Waals surface area contributed by atoms with Crippen LogP contribution in [0.25, 0.3) is 11.0 Å². The Hall–Kier alpha value is -1.35. The molecule has 3 unspecified atom stereocenters. The SMILES string of the molecule is CCC(CC)(C[C@H]1OC(n2ccc3c(N)ncnc32)[C@H](O)[C@@H]1O)O[P+]1(O)C(C)C1C. The first-order valence-corrected chi connectivity index (χ1v) is 12.4. The Morgan fingerprint density at radius 2 is 1.87 bits per heavy atom. The molecule has 2 aliphatic heterocycles. The molecule has 30 heavy (non-hydrogen) atoms. The molecule has 0 bridgehead atoms. The molecule has 2 aliphatic rings. The lowest BCUT2D eigenvalue weighted by Gasteiger charge is -2.32. The fraction of sp³-hybridized carbons (Fsp3) is 0.700. The normalized spacial score (nSPS) is 36.5. The summed E-state index contributed by atoms with van der Waals surface area (Å²) in [4.78, 5) is 19.1. The Bertz CT molecular complexity index is 912. The third-order valence-electron chi connectivity index (χ3n) is 7.13. The molecule has 10 heteroatoms. The zero-order chi connectivity index (χ0) is 21.8. The van der Waals surface area contributed by atoms with Crippen LogP contribution in [0, 0.1) is 0 Å². The van der Waals surface area contributed by atoms with Crippen LogP contribution in [-0.2, 0) is 9.26 Å². The minimum absolute atomic E-state index is 0.166. The molecule has 0 amide bonds. The zero-order valence-corrected chi connectivity index (χ0v) is 18.7. The number of fused-ring (bicyclic) bond motifs is 1. The molecule has 2 fully saturated rings. The van der Waals surface area contributed by atoms with Crippen molar-refractivity contribution in [3.8, 4) is 0 Å². The molecule has 5 N–H and O–H groups in total. The standard InChI is InChI=1S/C20H32N4O5P/c1-5-20(6-2,29-30(27)11(3)12(30)4)9-14-15(25)16(26)19(28-14)24-8-7-13-17(21)22-10-23-18(13)24/h7-8,10-12,14-16,19,25-27H,5-6,9H2,1-4H3,(H2,21,22,23)/q+1/t11?,12?,14-,15-,16-,19?,30?/m1/s1. The Labute approximate surface area is 176 Å². The van der Waals surface area contributed by atoms with E-state index >= 15 is 0 Å². The Morgan fingerprint density at radius 3 is 2.47 bits per heavy atom. The summed E-state index contributed by atoms with van der Waals surface area (Å²) in [5.74, 6) is 0.345. The molecule has 4 heterocycles. The Morgan fingerprint density at radius 1 is 1.20 bits per heavy atom. The lowest BCUT2D eigenvalue weighted by molar-refractivity contribution is -0.0688. The van der Waals surface area contributed by atoms with E-state index in [1.807, 2.05) is 27.7 Å². The van der Waals surface area contributed by atoms with Crippen LogP contribution in [0.5, 0.6) is 0 Å². The number of nitrogens with two attached hydrogens (primary N) is 1. The van der Waals surface area contributed by atoms with Crippen LogP contribution in [0.15, 0.2) is 18.6 Å². The quantitative estimate of drug-likeness (QED) is 0.482. The third-order valence-corrected chi connectivity index (χ3v) is 10.7. The number of aromatic nitrogens is 3. The van der Waals surface area contributed by atoms with Gasteiger partial charge >= 0.3 is 0 Å². The van der Waals surface area contributed by atoms with Crippen LogP contribution in [0.1, 0.15) is 53.2 Å². The molecular weight excluding hydrogens is 407 g/mol. The molecule has 0 radical (unpaired) electrons. The fourth-order valence-electron chi connectivity index (χ4n) is 4.50. The highest BCUT2D eigenvalue weighted by Crippen LogP contribution is 2.83. The van der Waals surface area contributed by atoms with Crippen molar-refractivity contribution >= 4 is 24.6 Å². The second-order valence-electron chi connectivity index (χ2n) is 8.60. The van der Waals surface area contributed by atoms with Gasteiger partial charge in [-0.1, -0.05) is 13.8 Å². The number of nitrogen functional groups attached to an aromatic ring is 1. The maximum atomic E-state index is 10.9. The molecular formula is C20H32N4O5P+. The van der Waals surface area contributed by atoms with Crippen molar-refractivity contribution in [1.82, 2.24) is 14.5 Å². The van der Waals surface area contributed by atoms with Gasteiger partial charge in [0.05, 0.1) is 11.5 Å². The van der Waals surface area contributed by atoms with E-state index in [9.17, 15) is 15.1 Å². The summed E-state index contributed by atoms with van der Waals surface area (Å²) >= 11 is 0. The van der Waals surface area contributed by atoms with Gasteiger partial charge in [0.2, 0.25) is 0 Å². The predicted molar refractivity (Wildman–Crippen MR) is 115 cm³/mol. The molecule has 2 saturated heterocycles. The molecule has 6 atom stereocenters. The molecule has 2 aromatic heterocycles. The van der Waals surface area contributed by atoms with Gasteiger partial charge in [0.1, 0.15) is 35.6 Å². The number of hydrogen-bond acceptors (Lipinski definition) is 8. The van der Waals surface area contributed by atoms with Gasteiger partial charge in [0, 0.05) is 12.6 Å². The van der Waals surface area contributed by atoms with Gasteiger partial charge in [0.15, 0.2) is 17.5 Å². The molecule has 2 aromatic rings. The van der Waals surface area contributed by atoms with Crippen LogP contribution < -0.4 is 5.73 Å². The lowest BCUT2D eigenvalue weighted by atomic mass is 9.88. The Kier molecular flexibility index (Phi) is 5.58. The van der Waals surface area contributed by atoms with Crippen molar-refractivity contribution in [1.29, 1.82) is 0 Å². The van der Waals surface area contributed by atoms with Crippen LogP contribution in [-0.4, -0.2) is 64.9 Å². The monoisotopic (exact) mass is 439 g/mol. The van der Waals surface area contributed by atoms with Crippen LogP contribution in [0.2, 0.25) is 0 Å². The second-order valence-corrected chi connectivity index (χ2v) is 11.8. The average molecular weight is 439 g/mol. The van der Waals surface area contributed by atoms with Gasteiger partial charge in [-0.3, -0.25) is 0 Å². The first-order chi connectivity index (χ1) is 14.2. The molecule has 0 aromatic carbocycles. The van der Waals surface area contributed by atoms with Gasteiger partial charge in [0.25, 0.3) is 7.72 Å². The summed E-state index contributed by atoms with van der Waals surface area (Å²) in [7, 11) is -2.43. The molecule has 9 nitrogen and oxygen atoms in total. The average Bonchev–Trinajstić information content (AvgIpc) is 3.08. The third kappa shape index (κ3) is 3.32. The predicted octanol–water partition coefficient (Wildman–Crippen LogP) is 2.23. The first kappa shape index (κ1) is 21.9. The van der Waals surface area contributed by atoms with E-state index in [1.165, 1.54) is 6.33 Å². The van der Waals surface area contributed by atoms with E-state index in [1.54, 1.807) is 16.8 Å². The van der Waals surface area contributed by atoms with Crippen molar-refractivity contribution in [2.24, 2.45) is 0 Å². The Balaban J connectivity index is 1.57. The van der Waals surface area contributed by atoms with Gasteiger partial charge in [-0.05, 0) is 32.8 Å². The minimum Gasteiger partial charge on any atom is -0.388 e. The first-order valence-electron chi connectivity index (χ1n) is 10.6. The highest BCUT2D eigenvalue weighted by Gasteiger charge is 2.74. The molecule has 4 rings (SSSR count). The highest BCUT2D eigenvalue weighted by molar-refractivity contribution is 7.74. The maximum Gasteiger partial charge on any atom is 0.285 e. The summed E-state index contributed by atoms with van der Waals surface area (Å²) in [6.07, 6.45) is 1.15. The van der Waals surface area contributed by atoms with Crippen LogP contribution >= 0.6 is 7.72 Å². The number of anilines is 1. The van der Waals surface area contributed by atoms with Crippen molar-refractivity contribution in [2.75, 3.05) is 5.73 Å². The number of hydrogen-bond donors (Lipinski definition) is 4. The van der Waals surface area contributed by atoms with Gasteiger partial charge in [-0.25, -0.2) is 14.9 Å². The van der Waals surface area contributed by atoms with Gasteiger partial charge in [-0.2, -0.15) is 4.52 Å². The van der Waals surface area contributed by atoms with Crippen LogP contribution in [0.4, 0.5) is 5.82 Å². The maximum absolute atomic E-state index is 10.9. The summed E-state index contributed by atoms with van der Waals surface area (Å²) in [6.45, 7) is 8.06. The molecule has 0 aliphatic carbocycles. The van der Waals surface area contributed by atoms with Crippen molar-refractivity contribution in [3.63, 3.8) is 0 Å². The van der Waals surface area contributed by atoms with E-state index in [0.717, 1.165) is 0 Å². The van der Waals surface area contributed by atoms with E-state index in [0.29, 0.717) is 36.1 Å². The lowest BCUT2D eigenvalue weighted by Crippen LogP contribution is -2.40. The van der Waals surface area contributed by atoms with Crippen molar-refractivity contribution < 1.29 is 24.4 Å². The summed E-state index contributed by atoms with van der Waals surface area (Å²) < 4.78 is 14.2. The van der Waals surface area contributed by atoms with E-state index in [-0.39, 0.29) is 11.3 Å². The topological polar surface area (TPSA) is 136 Å². The van der Waals surface area contributed by atoms with Gasteiger partial charge in [-0.15, -0.1) is 0 Å². The fourth-order valence-corrected chi connectivity index (χ4v) is 7.40. The number of ether oxygens (including phenoxy) is 1. The van der Waals surface area contributed by atoms with E-state index in [2.05, 4.69) is 9.97 Å². The summed E-state index contributed by atoms with van der Waals surface area (Å²) in [6, 6.07) is 1.77. The molecule has 0 saturated carbocycles. The van der Waals surface area contributed by atoms with Crippen molar-refractivity contribution in [3.05, 3.63) is 18.6 Å². The number of aliphatic hydroxyl groups is 2. The number of nitrogens with zero attached hydrogens (tertiary/aromatic N) is 3. The zero-order valence-electron chi connectivity index (χ0n) is 17.8. The summed E-state index contributed by atoms with van der Waals surface area (Å²) in [5.41, 5.74) is 6.16. The second kappa shape index (κ2) is 7.65. The largest absolute Gasteiger partial charge is 0.388 e. The number of rotatable bonds is 7. The smallest absolute Gasteiger partial charge is 0.285 e. The van der Waals surface area contributed by atoms with Gasteiger partial charge < -0.3 is 25.3 Å². The minimum atomic E-state index is -2.43. The van der Waals surface area contributed by atoms with Crippen LogP contribution in [0.3, 0.4) is 0 Å². The van der Waals surface area contributed by atoms with E-state index in [4.69, 9.17) is 15.0 Å². The highest BCUT2D eigenvalue weighted by atomic mass is 31.2. The number of aliphatic hydroxyl groups excluding tert-OH is 2. The van der Waals surface area contributed by atoms with Crippen molar-refractivity contribution in [2.45, 2.75) is 88.4 Å². The summed E-state index contributed by atoms with van der Waals surface area (Å²) in [5, 5.41) is 22.2.